The lowest BCUT2D eigenvalue weighted by atomic mass is 10.1. The number of nitrogens with one attached hydrogen (secondary N) is 1. The number of carbonyl (C=O) groups excluding carboxylic acids is 2. The van der Waals surface area contributed by atoms with Crippen LogP contribution in [0.2, 0.25) is 0 Å². The Labute approximate surface area is 165 Å². The van der Waals surface area contributed by atoms with Crippen molar-refractivity contribution in [3.8, 4) is 0 Å². The van der Waals surface area contributed by atoms with Crippen LogP contribution in [0.25, 0.3) is 0 Å². The maximum Gasteiger partial charge on any atom is 0.416 e. The third kappa shape index (κ3) is 4.32. The van der Waals surface area contributed by atoms with Crippen molar-refractivity contribution in [2.24, 2.45) is 0 Å². The summed E-state index contributed by atoms with van der Waals surface area (Å²) in [5.74, 6) is -0.300. The van der Waals surface area contributed by atoms with E-state index >= 15 is 0 Å². The minimum Gasteiger partial charge on any atom is -0.324 e. The van der Waals surface area contributed by atoms with Gasteiger partial charge in [-0.3, -0.25) is 9.59 Å². The first kappa shape index (κ1) is 20.3. The molecule has 1 saturated heterocycles. The molecule has 0 radical (unpaired) electrons. The van der Waals surface area contributed by atoms with Gasteiger partial charge in [-0.15, -0.1) is 11.8 Å². The number of carbonyl (C=O) groups is 2. The Kier molecular flexibility index (Phi) is 5.69. The fourth-order valence-corrected chi connectivity index (χ4v) is 4.05. The molecule has 28 heavy (non-hydrogen) atoms. The van der Waals surface area contributed by atoms with Gasteiger partial charge in [0, 0.05) is 17.0 Å². The first-order chi connectivity index (χ1) is 13.2. The van der Waals surface area contributed by atoms with Crippen LogP contribution in [0.5, 0.6) is 0 Å². The van der Waals surface area contributed by atoms with Crippen LogP contribution in [0.15, 0.2) is 42.5 Å². The molecule has 0 aliphatic carbocycles. The molecular formula is C20H19F3N2O2S. The fraction of sp³-hybridized carbons (Fsp3) is 0.300. The first-order valence-electron chi connectivity index (χ1n) is 8.61. The average molecular weight is 408 g/mol. The maximum atomic E-state index is 12.9. The van der Waals surface area contributed by atoms with Crippen LogP contribution in [0.1, 0.15) is 27.0 Å². The summed E-state index contributed by atoms with van der Waals surface area (Å²) in [5, 5.41) is 2.80. The van der Waals surface area contributed by atoms with E-state index < -0.39 is 23.7 Å². The van der Waals surface area contributed by atoms with Crippen LogP contribution in [0.4, 0.5) is 18.9 Å². The van der Waals surface area contributed by atoms with Crippen molar-refractivity contribution in [3.63, 3.8) is 0 Å². The molecule has 2 aromatic carbocycles. The van der Waals surface area contributed by atoms with Gasteiger partial charge in [-0.05, 0) is 55.3 Å². The van der Waals surface area contributed by atoms with Gasteiger partial charge in [0.25, 0.3) is 5.91 Å². The van der Waals surface area contributed by atoms with Crippen LogP contribution >= 0.6 is 11.8 Å². The molecule has 8 heteroatoms. The van der Waals surface area contributed by atoms with Crippen LogP contribution in [0, 0.1) is 13.8 Å². The summed E-state index contributed by atoms with van der Waals surface area (Å²) in [4.78, 5) is 26.8. The lowest BCUT2D eigenvalue weighted by Gasteiger charge is -2.23. The number of aryl methyl sites for hydroxylation is 2. The number of nitrogens with zero attached hydrogens (tertiary/aromatic N) is 1. The van der Waals surface area contributed by atoms with Gasteiger partial charge >= 0.3 is 6.18 Å². The molecule has 0 bridgehead atoms. The van der Waals surface area contributed by atoms with Crippen molar-refractivity contribution in [1.29, 1.82) is 0 Å². The lowest BCUT2D eigenvalue weighted by molar-refractivity contribution is -0.137. The van der Waals surface area contributed by atoms with Gasteiger partial charge in [0.2, 0.25) is 5.91 Å². The Morgan fingerprint density at radius 1 is 1.11 bits per heavy atom. The molecule has 1 aliphatic rings. The summed E-state index contributed by atoms with van der Waals surface area (Å²) in [6.07, 6.45) is -4.53. The van der Waals surface area contributed by atoms with Crippen molar-refractivity contribution in [1.82, 2.24) is 4.90 Å². The molecular weight excluding hydrogens is 389 g/mol. The van der Waals surface area contributed by atoms with Crippen molar-refractivity contribution in [3.05, 3.63) is 64.7 Å². The summed E-state index contributed by atoms with van der Waals surface area (Å²) >= 11 is 1.39. The number of halogens is 3. The zero-order chi connectivity index (χ0) is 20.5. The van der Waals surface area contributed by atoms with Gasteiger partial charge in [0.1, 0.15) is 6.04 Å². The molecule has 0 spiro atoms. The van der Waals surface area contributed by atoms with Gasteiger partial charge < -0.3 is 10.2 Å². The van der Waals surface area contributed by atoms with E-state index in [4.69, 9.17) is 0 Å². The predicted molar refractivity (Wildman–Crippen MR) is 103 cm³/mol. The van der Waals surface area contributed by atoms with Gasteiger partial charge in [0.05, 0.1) is 11.4 Å². The second-order valence-electron chi connectivity index (χ2n) is 6.66. The summed E-state index contributed by atoms with van der Waals surface area (Å²) in [5.41, 5.74) is 1.77. The normalized spacial score (nSPS) is 16.9. The van der Waals surface area contributed by atoms with E-state index in [9.17, 15) is 22.8 Å². The topological polar surface area (TPSA) is 49.4 Å². The van der Waals surface area contributed by atoms with Crippen molar-refractivity contribution in [2.45, 2.75) is 26.1 Å². The van der Waals surface area contributed by atoms with E-state index in [0.717, 1.165) is 23.3 Å². The van der Waals surface area contributed by atoms with Gasteiger partial charge in [0.15, 0.2) is 0 Å². The molecule has 1 atom stereocenters. The Morgan fingerprint density at radius 2 is 1.86 bits per heavy atom. The highest BCUT2D eigenvalue weighted by atomic mass is 32.2. The third-order valence-corrected chi connectivity index (χ3v) is 5.67. The third-order valence-electron chi connectivity index (χ3n) is 4.66. The highest BCUT2D eigenvalue weighted by Crippen LogP contribution is 2.31. The SMILES string of the molecule is Cc1ccc(NC(=O)C2CSCN2C(=O)c2cccc(C(F)(F)F)c2)cc1C. The van der Waals surface area contributed by atoms with Gasteiger partial charge in [-0.1, -0.05) is 12.1 Å². The number of rotatable bonds is 3. The molecule has 4 nitrogen and oxygen atoms in total. The number of alkyl halides is 3. The molecule has 1 fully saturated rings. The second kappa shape index (κ2) is 7.87. The highest BCUT2D eigenvalue weighted by molar-refractivity contribution is 7.99. The van der Waals surface area contributed by atoms with Crippen LogP contribution in [-0.4, -0.2) is 34.4 Å². The van der Waals surface area contributed by atoms with Crippen molar-refractivity contribution in [2.75, 3.05) is 16.9 Å². The van der Waals surface area contributed by atoms with Crippen molar-refractivity contribution < 1.29 is 22.8 Å². The quantitative estimate of drug-likeness (QED) is 0.815. The molecule has 1 unspecified atom stereocenters. The summed E-state index contributed by atoms with van der Waals surface area (Å²) in [6, 6.07) is 9.04. The van der Waals surface area contributed by atoms with Crippen molar-refractivity contribution >= 4 is 29.3 Å². The Balaban J connectivity index is 1.77. The van der Waals surface area contributed by atoms with Crippen LogP contribution in [-0.2, 0) is 11.0 Å². The predicted octanol–water partition coefficient (Wildman–Crippen LogP) is 4.48. The number of amides is 2. The molecule has 3 rings (SSSR count). The summed E-state index contributed by atoms with van der Waals surface area (Å²) < 4.78 is 38.8. The van der Waals surface area contributed by atoms with E-state index in [1.807, 2.05) is 26.0 Å². The zero-order valence-electron chi connectivity index (χ0n) is 15.3. The number of hydrogen-bond donors (Lipinski definition) is 1. The van der Waals surface area contributed by atoms with E-state index in [0.29, 0.717) is 11.4 Å². The average Bonchev–Trinajstić information content (AvgIpc) is 3.13. The fourth-order valence-electron chi connectivity index (χ4n) is 2.90. The summed E-state index contributed by atoms with van der Waals surface area (Å²) in [6.45, 7) is 3.89. The minimum absolute atomic E-state index is 0.0821. The van der Waals surface area contributed by atoms with Crippen LogP contribution in [0.3, 0.4) is 0 Å². The molecule has 1 N–H and O–H groups in total. The zero-order valence-corrected chi connectivity index (χ0v) is 16.2. The first-order valence-corrected chi connectivity index (χ1v) is 9.76. The lowest BCUT2D eigenvalue weighted by Crippen LogP contribution is -2.44. The largest absolute Gasteiger partial charge is 0.416 e. The van der Waals surface area contributed by atoms with E-state index in [1.54, 1.807) is 6.07 Å². The van der Waals surface area contributed by atoms with Gasteiger partial charge in [-0.25, -0.2) is 0 Å². The Bertz CT molecular complexity index is 915. The molecule has 0 aromatic heterocycles. The molecule has 0 saturated carbocycles. The molecule has 1 aliphatic heterocycles. The minimum atomic E-state index is -4.53. The number of benzene rings is 2. The molecule has 2 aromatic rings. The van der Waals surface area contributed by atoms with E-state index in [-0.39, 0.29) is 17.3 Å². The monoisotopic (exact) mass is 408 g/mol. The Morgan fingerprint density at radius 3 is 2.54 bits per heavy atom. The summed E-state index contributed by atoms with van der Waals surface area (Å²) in [7, 11) is 0. The molecule has 148 valence electrons. The van der Waals surface area contributed by atoms with E-state index in [1.165, 1.54) is 28.8 Å². The number of hydrogen-bond acceptors (Lipinski definition) is 3. The Hall–Kier alpha value is -2.48. The molecule has 1 heterocycles. The maximum absolute atomic E-state index is 12.9. The second-order valence-corrected chi connectivity index (χ2v) is 7.66. The number of anilines is 1. The van der Waals surface area contributed by atoms with E-state index in [2.05, 4.69) is 5.32 Å². The molecule has 2 amide bonds. The van der Waals surface area contributed by atoms with Crippen LogP contribution < -0.4 is 5.32 Å². The smallest absolute Gasteiger partial charge is 0.324 e. The standard InChI is InChI=1S/C20H19F3N2O2S/c1-12-6-7-16(8-13(12)2)24-18(26)17-10-28-11-25(17)19(27)14-4-3-5-15(9-14)20(21,22)23/h3-9,17H,10-11H2,1-2H3,(H,24,26). The number of thioether (sulfide) groups is 1. The highest BCUT2D eigenvalue weighted by Gasteiger charge is 2.36. The van der Waals surface area contributed by atoms with Gasteiger partial charge in [-0.2, -0.15) is 13.2 Å².